The highest BCUT2D eigenvalue weighted by Gasteiger charge is 2.47. The summed E-state index contributed by atoms with van der Waals surface area (Å²) in [5.74, 6) is -5.81. The molecule has 0 saturated heterocycles. The van der Waals surface area contributed by atoms with Crippen LogP contribution >= 0.6 is 0 Å². The third kappa shape index (κ3) is 2.92. The van der Waals surface area contributed by atoms with Gasteiger partial charge >= 0.3 is 5.92 Å². The van der Waals surface area contributed by atoms with Crippen molar-refractivity contribution in [1.29, 1.82) is 0 Å². The Balaban J connectivity index is 2.34. The van der Waals surface area contributed by atoms with Gasteiger partial charge in [0, 0.05) is 5.56 Å². The van der Waals surface area contributed by atoms with Crippen molar-refractivity contribution in [3.8, 4) is 11.5 Å². The van der Waals surface area contributed by atoms with Crippen molar-refractivity contribution in [2.24, 2.45) is 0 Å². The van der Waals surface area contributed by atoms with Crippen LogP contribution in [-0.2, 0) is 0 Å². The molecule has 0 aliphatic heterocycles. The lowest BCUT2D eigenvalue weighted by molar-refractivity contribution is -0.0793. The molecule has 2 N–H and O–H groups in total. The number of ketones is 1. The van der Waals surface area contributed by atoms with Crippen molar-refractivity contribution >= 4 is 5.78 Å². The molecule has 6 heteroatoms. The largest absolute Gasteiger partial charge is 0.504 e. The Labute approximate surface area is 125 Å². The van der Waals surface area contributed by atoms with Crippen LogP contribution in [0.2, 0.25) is 0 Å². The molecule has 0 spiro atoms. The normalized spacial score (nSPS) is 12.7. The second kappa shape index (κ2) is 6.11. The molecule has 2 rings (SSSR count). The van der Waals surface area contributed by atoms with Crippen LogP contribution in [0.4, 0.5) is 8.78 Å². The number of hydrogen-bond acceptors (Lipinski definition) is 4. The van der Waals surface area contributed by atoms with Gasteiger partial charge in [-0.05, 0) is 17.7 Å². The van der Waals surface area contributed by atoms with Gasteiger partial charge in [-0.2, -0.15) is 8.78 Å². The number of aliphatic hydroxyl groups is 1. The molecule has 116 valence electrons. The Morgan fingerprint density at radius 1 is 1.18 bits per heavy atom. The third-order valence-electron chi connectivity index (χ3n) is 3.20. The van der Waals surface area contributed by atoms with Crippen LogP contribution in [0.1, 0.15) is 22.0 Å². The maximum Gasteiger partial charge on any atom is 0.339 e. The molecule has 2 aromatic carbocycles. The number of aromatic hydroxyl groups is 1. The summed E-state index contributed by atoms with van der Waals surface area (Å²) < 4.78 is 33.2. The highest BCUT2D eigenvalue weighted by atomic mass is 19.3. The van der Waals surface area contributed by atoms with Gasteiger partial charge in [-0.15, -0.1) is 0 Å². The standard InChI is InChI=1S/C16H14F2O4/c1-22-13-9-11(7-8-12(13)19)15(21)16(17,18)14(20)10-5-3-2-4-6-10/h2-9,15,19,21H,1H3. The van der Waals surface area contributed by atoms with Crippen LogP contribution in [0, 0.1) is 0 Å². The molecule has 2 aromatic rings. The molecule has 0 radical (unpaired) electrons. The number of carbonyl (C=O) groups is 1. The minimum Gasteiger partial charge on any atom is -0.504 e. The second-order valence-electron chi connectivity index (χ2n) is 4.65. The Bertz CT molecular complexity index is 671. The van der Waals surface area contributed by atoms with Crippen LogP contribution < -0.4 is 4.74 Å². The average Bonchev–Trinajstić information content (AvgIpc) is 2.54. The van der Waals surface area contributed by atoms with Gasteiger partial charge in [0.2, 0.25) is 5.78 Å². The highest BCUT2D eigenvalue weighted by molar-refractivity contribution is 6.01. The first-order valence-corrected chi connectivity index (χ1v) is 6.40. The fourth-order valence-corrected chi connectivity index (χ4v) is 1.98. The predicted molar refractivity (Wildman–Crippen MR) is 75.3 cm³/mol. The summed E-state index contributed by atoms with van der Waals surface area (Å²) >= 11 is 0. The van der Waals surface area contributed by atoms with E-state index in [1.807, 2.05) is 0 Å². The zero-order chi connectivity index (χ0) is 16.3. The number of aliphatic hydroxyl groups excluding tert-OH is 1. The summed E-state index contributed by atoms with van der Waals surface area (Å²) in [6.07, 6.45) is -2.35. The van der Waals surface area contributed by atoms with Crippen LogP contribution in [0.25, 0.3) is 0 Å². The van der Waals surface area contributed by atoms with E-state index < -0.39 is 17.8 Å². The van der Waals surface area contributed by atoms with Crippen LogP contribution in [0.3, 0.4) is 0 Å². The number of benzene rings is 2. The van der Waals surface area contributed by atoms with Gasteiger partial charge in [0.1, 0.15) is 0 Å². The van der Waals surface area contributed by atoms with E-state index in [0.29, 0.717) is 0 Å². The molecule has 22 heavy (non-hydrogen) atoms. The summed E-state index contributed by atoms with van der Waals surface area (Å²) in [5, 5.41) is 19.3. The van der Waals surface area contributed by atoms with Gasteiger partial charge in [-0.1, -0.05) is 36.4 Å². The van der Waals surface area contributed by atoms with Crippen LogP contribution in [0.5, 0.6) is 11.5 Å². The van der Waals surface area contributed by atoms with E-state index in [9.17, 15) is 23.8 Å². The number of Topliss-reactive ketones (excluding diaryl/α,β-unsaturated/α-hetero) is 1. The smallest absolute Gasteiger partial charge is 0.339 e. The lowest BCUT2D eigenvalue weighted by Crippen LogP contribution is -2.35. The lowest BCUT2D eigenvalue weighted by atomic mass is 9.96. The van der Waals surface area contributed by atoms with Crippen LogP contribution in [0.15, 0.2) is 48.5 Å². The number of alkyl halides is 2. The molecular formula is C16H14F2O4. The Kier molecular flexibility index (Phi) is 4.42. The molecule has 0 fully saturated rings. The zero-order valence-corrected chi connectivity index (χ0v) is 11.7. The monoisotopic (exact) mass is 308 g/mol. The summed E-state index contributed by atoms with van der Waals surface area (Å²) in [4.78, 5) is 11.9. The number of methoxy groups -OCH3 is 1. The molecule has 1 atom stereocenters. The van der Waals surface area contributed by atoms with E-state index in [-0.39, 0.29) is 22.6 Å². The van der Waals surface area contributed by atoms with Crippen molar-refractivity contribution in [2.75, 3.05) is 7.11 Å². The van der Waals surface area contributed by atoms with E-state index >= 15 is 0 Å². The second-order valence-corrected chi connectivity index (χ2v) is 4.65. The highest BCUT2D eigenvalue weighted by Crippen LogP contribution is 2.37. The number of hydrogen-bond donors (Lipinski definition) is 2. The number of halogens is 2. The molecule has 0 bridgehead atoms. The van der Waals surface area contributed by atoms with E-state index in [0.717, 1.165) is 18.2 Å². The lowest BCUT2D eigenvalue weighted by Gasteiger charge is -2.22. The number of phenolic OH excluding ortho intramolecular Hbond substituents is 1. The van der Waals surface area contributed by atoms with Crippen molar-refractivity contribution in [2.45, 2.75) is 12.0 Å². The number of carbonyl (C=O) groups excluding carboxylic acids is 1. The molecule has 0 aromatic heterocycles. The fraction of sp³-hybridized carbons (Fsp3) is 0.188. The molecule has 1 unspecified atom stereocenters. The molecule has 4 nitrogen and oxygen atoms in total. The summed E-state index contributed by atoms with van der Waals surface area (Å²) in [6.45, 7) is 0. The Morgan fingerprint density at radius 3 is 2.41 bits per heavy atom. The third-order valence-corrected chi connectivity index (χ3v) is 3.20. The van der Waals surface area contributed by atoms with Crippen LogP contribution in [-0.4, -0.2) is 29.0 Å². The summed E-state index contributed by atoms with van der Waals surface area (Å²) in [6, 6.07) is 10.3. The van der Waals surface area contributed by atoms with Crippen molar-refractivity contribution < 1.29 is 28.5 Å². The average molecular weight is 308 g/mol. The van der Waals surface area contributed by atoms with Gasteiger partial charge < -0.3 is 14.9 Å². The van der Waals surface area contributed by atoms with Gasteiger partial charge in [0.05, 0.1) is 7.11 Å². The van der Waals surface area contributed by atoms with Gasteiger partial charge in [-0.25, -0.2) is 0 Å². The zero-order valence-electron chi connectivity index (χ0n) is 11.7. The SMILES string of the molecule is COc1cc(C(O)C(F)(F)C(=O)c2ccccc2)ccc1O. The number of ether oxygens (including phenoxy) is 1. The van der Waals surface area contributed by atoms with Gasteiger partial charge in [-0.3, -0.25) is 4.79 Å². The first-order valence-electron chi connectivity index (χ1n) is 6.40. The molecular weight excluding hydrogens is 294 g/mol. The first kappa shape index (κ1) is 15.9. The molecule has 0 aliphatic carbocycles. The van der Waals surface area contributed by atoms with Crippen molar-refractivity contribution in [3.63, 3.8) is 0 Å². The van der Waals surface area contributed by atoms with E-state index in [1.54, 1.807) is 6.07 Å². The summed E-state index contributed by atoms with van der Waals surface area (Å²) in [5.41, 5.74) is -0.429. The minimum absolute atomic E-state index is 0.0699. The van der Waals surface area contributed by atoms with E-state index in [4.69, 9.17) is 4.74 Å². The Hall–Kier alpha value is -2.47. The maximum atomic E-state index is 14.2. The van der Waals surface area contributed by atoms with Crippen molar-refractivity contribution in [1.82, 2.24) is 0 Å². The van der Waals surface area contributed by atoms with Gasteiger partial charge in [0.15, 0.2) is 17.6 Å². The first-order chi connectivity index (χ1) is 10.4. The van der Waals surface area contributed by atoms with Gasteiger partial charge in [0.25, 0.3) is 0 Å². The maximum absolute atomic E-state index is 14.2. The molecule has 0 saturated carbocycles. The quantitative estimate of drug-likeness (QED) is 0.833. The summed E-state index contributed by atoms with van der Waals surface area (Å²) in [7, 11) is 1.25. The fourth-order valence-electron chi connectivity index (χ4n) is 1.98. The number of phenols is 1. The Morgan fingerprint density at radius 2 is 1.82 bits per heavy atom. The molecule has 0 heterocycles. The molecule has 0 amide bonds. The van der Waals surface area contributed by atoms with E-state index in [1.165, 1.54) is 31.4 Å². The van der Waals surface area contributed by atoms with Crippen molar-refractivity contribution in [3.05, 3.63) is 59.7 Å². The molecule has 0 aliphatic rings. The van der Waals surface area contributed by atoms with E-state index in [2.05, 4.69) is 0 Å². The minimum atomic E-state index is -4.01. The topological polar surface area (TPSA) is 66.8 Å². The predicted octanol–water partition coefficient (Wildman–Crippen LogP) is 2.95. The number of rotatable bonds is 5.